The number of methoxy groups -OCH3 is 1. The van der Waals surface area contributed by atoms with E-state index in [2.05, 4.69) is 15.1 Å². The summed E-state index contributed by atoms with van der Waals surface area (Å²) in [4.78, 5) is 8.41. The second kappa shape index (κ2) is 9.12. The van der Waals surface area contributed by atoms with Crippen molar-refractivity contribution in [2.45, 2.75) is 18.7 Å². The smallest absolute Gasteiger partial charge is 0.269 e. The van der Waals surface area contributed by atoms with Crippen LogP contribution in [0.1, 0.15) is 11.3 Å². The highest BCUT2D eigenvalue weighted by Gasteiger charge is 2.32. The van der Waals surface area contributed by atoms with Crippen LogP contribution in [0.4, 0.5) is 5.88 Å². The van der Waals surface area contributed by atoms with E-state index in [1.807, 2.05) is 0 Å². The molecule has 10 heteroatoms. The van der Waals surface area contributed by atoms with E-state index >= 15 is 0 Å². The highest BCUT2D eigenvalue weighted by molar-refractivity contribution is 7.93. The number of sulfonamides is 1. The summed E-state index contributed by atoms with van der Waals surface area (Å²) in [5, 5.41) is 3.88. The molecule has 0 aliphatic heterocycles. The van der Waals surface area contributed by atoms with Gasteiger partial charge in [0.15, 0.2) is 5.82 Å². The van der Waals surface area contributed by atoms with Gasteiger partial charge in [0.05, 0.1) is 23.8 Å². The lowest BCUT2D eigenvalue weighted by molar-refractivity contribution is 0.0744. The Morgan fingerprint density at radius 1 is 1.07 bits per heavy atom. The lowest BCUT2D eigenvalue weighted by atomic mass is 10.2. The van der Waals surface area contributed by atoms with Gasteiger partial charge < -0.3 is 14.0 Å². The van der Waals surface area contributed by atoms with Crippen molar-refractivity contribution >= 4 is 15.9 Å². The molecule has 0 aliphatic carbocycles. The Morgan fingerprint density at radius 3 is 2.45 bits per heavy atom. The molecule has 9 nitrogen and oxygen atoms in total. The van der Waals surface area contributed by atoms with Gasteiger partial charge in [-0.25, -0.2) is 22.7 Å². The molecule has 0 saturated heterocycles. The molecule has 3 rings (SSSR count). The Bertz CT molecular complexity index is 1050. The van der Waals surface area contributed by atoms with E-state index in [4.69, 9.17) is 14.0 Å². The molecule has 0 bridgehead atoms. The average Bonchev–Trinajstić information content (AvgIpc) is 3.07. The molecule has 2 aromatic heterocycles. The first-order valence-electron chi connectivity index (χ1n) is 8.85. The standard InChI is InChI=1S/C19H22N4O5S/c1-14-15(2)22-28-19(14)23(13-27-12-11-26-3)29(24,25)17-8-5-4-7-16(17)18-20-9-6-10-21-18/h4-10H,11-13H2,1-3H3. The van der Waals surface area contributed by atoms with Crippen LogP contribution >= 0.6 is 0 Å². The summed E-state index contributed by atoms with van der Waals surface area (Å²) in [7, 11) is -2.54. The number of rotatable bonds is 9. The minimum absolute atomic E-state index is 0.0370. The van der Waals surface area contributed by atoms with Crippen molar-refractivity contribution in [1.29, 1.82) is 0 Å². The molecule has 0 unspecified atom stereocenters. The highest BCUT2D eigenvalue weighted by Crippen LogP contribution is 2.32. The van der Waals surface area contributed by atoms with E-state index in [0.29, 0.717) is 29.3 Å². The van der Waals surface area contributed by atoms with Crippen molar-refractivity contribution in [1.82, 2.24) is 15.1 Å². The minimum Gasteiger partial charge on any atom is -0.382 e. The van der Waals surface area contributed by atoms with E-state index in [9.17, 15) is 8.42 Å². The molecule has 0 N–H and O–H groups in total. The van der Waals surface area contributed by atoms with Crippen LogP contribution in [0.15, 0.2) is 52.1 Å². The fourth-order valence-corrected chi connectivity index (χ4v) is 4.12. The quantitative estimate of drug-likeness (QED) is 0.385. The van der Waals surface area contributed by atoms with Gasteiger partial charge in [-0.2, -0.15) is 0 Å². The number of anilines is 1. The second-order valence-electron chi connectivity index (χ2n) is 6.15. The van der Waals surface area contributed by atoms with Crippen LogP contribution < -0.4 is 4.31 Å². The topological polar surface area (TPSA) is 108 Å². The van der Waals surface area contributed by atoms with Crippen LogP contribution in [0.2, 0.25) is 0 Å². The number of hydrogen-bond donors (Lipinski definition) is 0. The van der Waals surface area contributed by atoms with Crippen molar-refractivity contribution in [2.75, 3.05) is 31.4 Å². The summed E-state index contributed by atoms with van der Waals surface area (Å²) in [6.07, 6.45) is 3.11. The van der Waals surface area contributed by atoms with Crippen LogP contribution in [0.3, 0.4) is 0 Å². The Labute approximate surface area is 169 Å². The Kier molecular flexibility index (Phi) is 6.57. The summed E-state index contributed by atoms with van der Waals surface area (Å²) in [6, 6.07) is 8.19. The number of nitrogens with zero attached hydrogens (tertiary/aromatic N) is 4. The van der Waals surface area contributed by atoms with Crippen LogP contribution in [0.25, 0.3) is 11.4 Å². The predicted molar refractivity (Wildman–Crippen MR) is 106 cm³/mol. The molecule has 3 aromatic rings. The third kappa shape index (κ3) is 4.44. The van der Waals surface area contributed by atoms with E-state index in [1.54, 1.807) is 50.5 Å². The van der Waals surface area contributed by atoms with Crippen LogP contribution in [0, 0.1) is 13.8 Å². The molecule has 29 heavy (non-hydrogen) atoms. The molecule has 0 radical (unpaired) electrons. The van der Waals surface area contributed by atoms with Crippen LogP contribution in [-0.2, 0) is 19.5 Å². The molecule has 0 amide bonds. The fraction of sp³-hybridized carbons (Fsp3) is 0.316. The molecule has 1 aromatic carbocycles. The zero-order valence-electron chi connectivity index (χ0n) is 16.4. The summed E-state index contributed by atoms with van der Waals surface area (Å²) in [6.45, 7) is 3.77. The van der Waals surface area contributed by atoms with Gasteiger partial charge in [-0.1, -0.05) is 17.3 Å². The maximum atomic E-state index is 13.6. The number of benzene rings is 1. The van der Waals surface area contributed by atoms with Gasteiger partial charge in [0, 0.05) is 30.6 Å². The van der Waals surface area contributed by atoms with Crippen molar-refractivity contribution in [3.63, 3.8) is 0 Å². The SMILES string of the molecule is COCCOCN(c1onc(C)c1C)S(=O)(=O)c1ccccc1-c1ncccn1. The highest BCUT2D eigenvalue weighted by atomic mass is 32.2. The zero-order chi connectivity index (χ0) is 20.9. The van der Waals surface area contributed by atoms with Crippen molar-refractivity contribution in [3.05, 3.63) is 54.0 Å². The van der Waals surface area contributed by atoms with Gasteiger partial charge in [-0.15, -0.1) is 0 Å². The van der Waals surface area contributed by atoms with Crippen LogP contribution in [-0.4, -0.2) is 50.6 Å². The first-order valence-corrected chi connectivity index (χ1v) is 10.3. The van der Waals surface area contributed by atoms with Crippen LogP contribution in [0.5, 0.6) is 0 Å². The van der Waals surface area contributed by atoms with Crippen molar-refractivity contribution in [2.24, 2.45) is 0 Å². The molecule has 0 aliphatic rings. The predicted octanol–water partition coefficient (Wildman–Crippen LogP) is 2.56. The lowest BCUT2D eigenvalue weighted by Gasteiger charge is -2.23. The first kappa shape index (κ1) is 20.9. The zero-order valence-corrected chi connectivity index (χ0v) is 17.2. The van der Waals surface area contributed by atoms with Gasteiger partial charge in [-0.05, 0) is 32.0 Å². The van der Waals surface area contributed by atoms with E-state index in [-0.39, 0.29) is 24.1 Å². The second-order valence-corrected chi connectivity index (χ2v) is 7.98. The first-order chi connectivity index (χ1) is 14.0. The van der Waals surface area contributed by atoms with E-state index < -0.39 is 10.0 Å². The number of hydrogen-bond acceptors (Lipinski definition) is 8. The fourth-order valence-electron chi connectivity index (χ4n) is 2.60. The summed E-state index contributed by atoms with van der Waals surface area (Å²) in [5.74, 6) is 0.404. The maximum Gasteiger partial charge on any atom is 0.269 e. The third-order valence-electron chi connectivity index (χ3n) is 4.26. The van der Waals surface area contributed by atoms with Gasteiger partial charge in [0.2, 0.25) is 5.88 Å². The maximum absolute atomic E-state index is 13.6. The molecule has 0 fully saturated rings. The average molecular weight is 418 g/mol. The number of aromatic nitrogens is 3. The molecular formula is C19H22N4O5S. The Hall–Kier alpha value is -2.82. The summed E-state index contributed by atoms with van der Waals surface area (Å²) < 4.78 is 44.1. The monoisotopic (exact) mass is 418 g/mol. The van der Waals surface area contributed by atoms with Gasteiger partial charge in [0.25, 0.3) is 10.0 Å². The molecular weight excluding hydrogens is 396 g/mol. The summed E-state index contributed by atoms with van der Waals surface area (Å²) in [5.41, 5.74) is 1.58. The molecule has 0 atom stereocenters. The number of aryl methyl sites for hydroxylation is 1. The van der Waals surface area contributed by atoms with Gasteiger partial charge in [0.1, 0.15) is 6.73 Å². The van der Waals surface area contributed by atoms with E-state index in [0.717, 1.165) is 4.31 Å². The molecule has 2 heterocycles. The summed E-state index contributed by atoms with van der Waals surface area (Å²) >= 11 is 0. The third-order valence-corrected chi connectivity index (χ3v) is 6.02. The van der Waals surface area contributed by atoms with E-state index in [1.165, 1.54) is 13.2 Å². The number of ether oxygens (including phenoxy) is 2. The minimum atomic E-state index is -4.08. The lowest BCUT2D eigenvalue weighted by Crippen LogP contribution is -2.34. The normalized spacial score (nSPS) is 11.6. The molecule has 0 spiro atoms. The Balaban J connectivity index is 2.07. The van der Waals surface area contributed by atoms with Gasteiger partial charge >= 0.3 is 0 Å². The molecule has 154 valence electrons. The van der Waals surface area contributed by atoms with Crippen molar-refractivity contribution < 1.29 is 22.4 Å². The van der Waals surface area contributed by atoms with Crippen molar-refractivity contribution in [3.8, 4) is 11.4 Å². The Morgan fingerprint density at radius 2 is 1.79 bits per heavy atom. The molecule has 0 saturated carbocycles. The largest absolute Gasteiger partial charge is 0.382 e. The van der Waals surface area contributed by atoms with Gasteiger partial charge in [-0.3, -0.25) is 0 Å².